The van der Waals surface area contributed by atoms with E-state index in [9.17, 15) is 4.39 Å². The monoisotopic (exact) mass is 349 g/mol. The van der Waals surface area contributed by atoms with Crippen LogP contribution < -0.4 is 5.73 Å². The number of fused-ring (bicyclic) bond motifs is 1. The standard InChI is InChI=1S/C17H17BrFNO/c18-15-6-5-12(19)9-14(15)16(20)10-17-13-4-2-1-3-11(13)7-8-21-17/h1-6,9,16-17H,7-8,10,20H2. The lowest BCUT2D eigenvalue weighted by atomic mass is 9.92. The predicted molar refractivity (Wildman–Crippen MR) is 84.5 cm³/mol. The minimum Gasteiger partial charge on any atom is -0.373 e. The summed E-state index contributed by atoms with van der Waals surface area (Å²) >= 11 is 3.44. The Morgan fingerprint density at radius 2 is 2.10 bits per heavy atom. The molecule has 2 atom stereocenters. The number of ether oxygens (including phenoxy) is 1. The van der Waals surface area contributed by atoms with E-state index in [4.69, 9.17) is 10.5 Å². The van der Waals surface area contributed by atoms with Crippen molar-refractivity contribution in [1.29, 1.82) is 0 Å². The summed E-state index contributed by atoms with van der Waals surface area (Å²) in [4.78, 5) is 0. The maximum absolute atomic E-state index is 13.4. The van der Waals surface area contributed by atoms with Gasteiger partial charge in [-0.3, -0.25) is 0 Å². The Bertz CT molecular complexity index is 646. The third-order valence-electron chi connectivity index (χ3n) is 3.92. The van der Waals surface area contributed by atoms with Crippen LogP contribution in [0.5, 0.6) is 0 Å². The largest absolute Gasteiger partial charge is 0.373 e. The van der Waals surface area contributed by atoms with Crippen molar-refractivity contribution >= 4 is 15.9 Å². The van der Waals surface area contributed by atoms with Gasteiger partial charge in [-0.2, -0.15) is 0 Å². The number of hydrogen-bond donors (Lipinski definition) is 1. The molecule has 0 bridgehead atoms. The van der Waals surface area contributed by atoms with Crippen molar-refractivity contribution in [3.05, 3.63) is 69.4 Å². The van der Waals surface area contributed by atoms with Crippen LogP contribution in [0.15, 0.2) is 46.9 Å². The first-order chi connectivity index (χ1) is 10.1. The topological polar surface area (TPSA) is 35.2 Å². The SMILES string of the molecule is NC(CC1OCCc2ccccc21)c1cc(F)ccc1Br. The minimum absolute atomic E-state index is 0.0277. The molecule has 0 saturated heterocycles. The Balaban J connectivity index is 1.82. The molecule has 1 aliphatic rings. The van der Waals surface area contributed by atoms with E-state index < -0.39 is 0 Å². The second kappa shape index (κ2) is 6.26. The van der Waals surface area contributed by atoms with Gasteiger partial charge in [-0.15, -0.1) is 0 Å². The van der Waals surface area contributed by atoms with Gasteiger partial charge in [0.2, 0.25) is 0 Å². The van der Waals surface area contributed by atoms with Crippen LogP contribution in [0.25, 0.3) is 0 Å². The molecule has 2 aromatic carbocycles. The average molecular weight is 350 g/mol. The molecule has 1 heterocycles. The van der Waals surface area contributed by atoms with Crippen LogP contribution >= 0.6 is 15.9 Å². The van der Waals surface area contributed by atoms with E-state index in [-0.39, 0.29) is 18.0 Å². The summed E-state index contributed by atoms with van der Waals surface area (Å²) in [7, 11) is 0. The number of benzene rings is 2. The Hall–Kier alpha value is -1.23. The van der Waals surface area contributed by atoms with Gasteiger partial charge in [-0.05, 0) is 47.7 Å². The first-order valence-electron chi connectivity index (χ1n) is 7.05. The Morgan fingerprint density at radius 1 is 1.29 bits per heavy atom. The second-order valence-electron chi connectivity index (χ2n) is 5.32. The van der Waals surface area contributed by atoms with Crippen molar-refractivity contribution in [3.63, 3.8) is 0 Å². The van der Waals surface area contributed by atoms with E-state index in [0.717, 1.165) is 16.5 Å². The highest BCUT2D eigenvalue weighted by Crippen LogP contribution is 2.35. The van der Waals surface area contributed by atoms with Gasteiger partial charge in [0.15, 0.2) is 0 Å². The second-order valence-corrected chi connectivity index (χ2v) is 6.17. The van der Waals surface area contributed by atoms with Crippen LogP contribution in [0, 0.1) is 5.82 Å². The van der Waals surface area contributed by atoms with E-state index in [2.05, 4.69) is 28.1 Å². The van der Waals surface area contributed by atoms with Gasteiger partial charge in [0.1, 0.15) is 5.82 Å². The first kappa shape index (κ1) is 14.7. The van der Waals surface area contributed by atoms with E-state index in [1.807, 2.05) is 12.1 Å². The molecule has 0 aliphatic carbocycles. The van der Waals surface area contributed by atoms with E-state index in [1.54, 1.807) is 6.07 Å². The lowest BCUT2D eigenvalue weighted by molar-refractivity contribution is 0.0319. The van der Waals surface area contributed by atoms with Gasteiger partial charge >= 0.3 is 0 Å². The molecule has 110 valence electrons. The maximum atomic E-state index is 13.4. The zero-order chi connectivity index (χ0) is 14.8. The van der Waals surface area contributed by atoms with Gasteiger partial charge in [-0.25, -0.2) is 4.39 Å². The molecular formula is C17H17BrFNO. The summed E-state index contributed by atoms with van der Waals surface area (Å²) in [5.41, 5.74) is 9.57. The fourth-order valence-corrected chi connectivity index (χ4v) is 3.37. The molecule has 4 heteroatoms. The zero-order valence-electron chi connectivity index (χ0n) is 11.6. The third kappa shape index (κ3) is 3.18. The lowest BCUT2D eigenvalue weighted by Crippen LogP contribution is -2.22. The molecule has 2 aromatic rings. The van der Waals surface area contributed by atoms with Crippen LogP contribution in [0.3, 0.4) is 0 Å². The van der Waals surface area contributed by atoms with Crippen LogP contribution in [0.4, 0.5) is 4.39 Å². The average Bonchev–Trinajstić information content (AvgIpc) is 2.50. The molecule has 3 rings (SSSR count). The molecule has 0 spiro atoms. The summed E-state index contributed by atoms with van der Waals surface area (Å²) < 4.78 is 20.1. The van der Waals surface area contributed by atoms with Gasteiger partial charge in [0.25, 0.3) is 0 Å². The lowest BCUT2D eigenvalue weighted by Gasteiger charge is -2.28. The predicted octanol–water partition coefficient (Wildman–Crippen LogP) is 4.29. The molecule has 21 heavy (non-hydrogen) atoms. The number of hydrogen-bond acceptors (Lipinski definition) is 2. The maximum Gasteiger partial charge on any atom is 0.123 e. The van der Waals surface area contributed by atoms with E-state index >= 15 is 0 Å². The van der Waals surface area contributed by atoms with E-state index in [1.165, 1.54) is 23.3 Å². The highest BCUT2D eigenvalue weighted by molar-refractivity contribution is 9.10. The number of halogens is 2. The van der Waals surface area contributed by atoms with Crippen LogP contribution in [0.2, 0.25) is 0 Å². The number of rotatable bonds is 3. The minimum atomic E-state index is -0.272. The van der Waals surface area contributed by atoms with Crippen molar-refractivity contribution in [3.8, 4) is 0 Å². The van der Waals surface area contributed by atoms with Gasteiger partial charge < -0.3 is 10.5 Å². The summed E-state index contributed by atoms with van der Waals surface area (Å²) in [6.45, 7) is 0.707. The Morgan fingerprint density at radius 3 is 2.95 bits per heavy atom. The molecule has 2 unspecified atom stereocenters. The van der Waals surface area contributed by atoms with Gasteiger partial charge in [-0.1, -0.05) is 40.2 Å². The quantitative estimate of drug-likeness (QED) is 0.896. The molecule has 0 saturated carbocycles. The Kier molecular flexibility index (Phi) is 4.38. The van der Waals surface area contributed by atoms with Gasteiger partial charge in [0, 0.05) is 10.5 Å². The van der Waals surface area contributed by atoms with E-state index in [0.29, 0.717) is 13.0 Å². The first-order valence-corrected chi connectivity index (χ1v) is 7.84. The molecule has 0 fully saturated rings. The van der Waals surface area contributed by atoms with Crippen LogP contribution in [-0.2, 0) is 11.2 Å². The Labute approximate surface area is 132 Å². The highest BCUT2D eigenvalue weighted by Gasteiger charge is 2.24. The summed E-state index contributed by atoms with van der Waals surface area (Å²) in [5.74, 6) is -0.270. The molecule has 0 aromatic heterocycles. The summed E-state index contributed by atoms with van der Waals surface area (Å²) in [5, 5.41) is 0. The molecule has 2 N–H and O–H groups in total. The summed E-state index contributed by atoms with van der Waals surface area (Å²) in [6, 6.07) is 12.6. The van der Waals surface area contributed by atoms with Crippen LogP contribution in [-0.4, -0.2) is 6.61 Å². The van der Waals surface area contributed by atoms with Crippen LogP contribution in [0.1, 0.15) is 35.3 Å². The molecule has 2 nitrogen and oxygen atoms in total. The summed E-state index contributed by atoms with van der Waals surface area (Å²) in [6.07, 6.45) is 1.55. The van der Waals surface area contributed by atoms with Crippen molar-refractivity contribution in [2.45, 2.75) is 25.0 Å². The molecule has 1 aliphatic heterocycles. The molecule has 0 amide bonds. The van der Waals surface area contributed by atoms with Crippen molar-refractivity contribution in [1.82, 2.24) is 0 Å². The molecular weight excluding hydrogens is 333 g/mol. The van der Waals surface area contributed by atoms with Gasteiger partial charge in [0.05, 0.1) is 12.7 Å². The fourth-order valence-electron chi connectivity index (χ4n) is 2.83. The van der Waals surface area contributed by atoms with Crippen molar-refractivity contribution in [2.75, 3.05) is 6.61 Å². The smallest absolute Gasteiger partial charge is 0.123 e. The van der Waals surface area contributed by atoms with Crippen molar-refractivity contribution in [2.24, 2.45) is 5.73 Å². The third-order valence-corrected chi connectivity index (χ3v) is 4.64. The highest BCUT2D eigenvalue weighted by atomic mass is 79.9. The van der Waals surface area contributed by atoms with Crippen molar-refractivity contribution < 1.29 is 9.13 Å². The fraction of sp³-hybridized carbons (Fsp3) is 0.294. The zero-order valence-corrected chi connectivity index (χ0v) is 13.1. The number of nitrogens with two attached hydrogens (primary N) is 1. The molecule has 0 radical (unpaired) electrons. The normalized spacial score (nSPS) is 19.1.